The van der Waals surface area contributed by atoms with Gasteiger partial charge in [0.1, 0.15) is 5.75 Å². The Hall–Kier alpha value is -3.43. The van der Waals surface area contributed by atoms with Crippen LogP contribution < -0.4 is 10.1 Å². The molecule has 0 spiro atoms. The number of hydrogen-bond acceptors (Lipinski definition) is 2. The lowest BCUT2D eigenvalue weighted by Gasteiger charge is -2.17. The van der Waals surface area contributed by atoms with Crippen LogP contribution in [0.3, 0.4) is 0 Å². The van der Waals surface area contributed by atoms with Crippen LogP contribution in [-0.4, -0.2) is 17.6 Å². The Labute approximate surface area is 179 Å². The molecule has 10 heteroatoms. The number of anilines is 1. The van der Waals surface area contributed by atoms with Crippen molar-refractivity contribution in [2.75, 3.05) is 12.4 Å². The lowest BCUT2D eigenvalue weighted by molar-refractivity contribution is -0.138. The fraction of sp³-hybridized carbons (Fsp3) is 0.227. The number of nitrogens with zero attached hydrogens (tertiary/aromatic N) is 1. The fourth-order valence-corrected chi connectivity index (χ4v) is 3.44. The lowest BCUT2D eigenvalue weighted by Crippen LogP contribution is -2.16. The number of amides is 1. The van der Waals surface area contributed by atoms with E-state index < -0.39 is 29.4 Å². The van der Waals surface area contributed by atoms with E-state index in [-0.39, 0.29) is 28.4 Å². The molecule has 32 heavy (non-hydrogen) atoms. The average molecular weight is 456 g/mol. The smallest absolute Gasteiger partial charge is 0.418 e. The summed E-state index contributed by atoms with van der Waals surface area (Å²) in [6.07, 6.45) is -9.25. The summed E-state index contributed by atoms with van der Waals surface area (Å²) in [6, 6.07) is 8.90. The molecule has 0 aliphatic heterocycles. The average Bonchev–Trinajstić information content (AvgIpc) is 3.00. The van der Waals surface area contributed by atoms with Crippen molar-refractivity contribution < 1.29 is 35.9 Å². The predicted molar refractivity (Wildman–Crippen MR) is 106 cm³/mol. The first-order valence-electron chi connectivity index (χ1n) is 9.26. The maximum Gasteiger partial charge on any atom is 0.418 e. The highest BCUT2D eigenvalue weighted by molar-refractivity contribution is 6.06. The molecule has 170 valence electrons. The topological polar surface area (TPSA) is 43.3 Å². The second-order valence-corrected chi connectivity index (χ2v) is 7.00. The molecule has 1 N–H and O–H groups in total. The third-order valence-corrected chi connectivity index (χ3v) is 4.90. The number of methoxy groups -OCH3 is 1. The number of carbonyl (C=O) groups excluding carboxylic acids is 1. The van der Waals surface area contributed by atoms with E-state index in [9.17, 15) is 31.1 Å². The van der Waals surface area contributed by atoms with Gasteiger partial charge in [0.05, 0.1) is 35.2 Å². The summed E-state index contributed by atoms with van der Waals surface area (Å²) in [5.74, 6) is -0.783. The van der Waals surface area contributed by atoms with Crippen molar-refractivity contribution in [1.82, 2.24) is 4.57 Å². The number of aryl methyl sites for hydroxylation is 1. The lowest BCUT2D eigenvalue weighted by atomic mass is 10.1. The van der Waals surface area contributed by atoms with E-state index in [0.717, 1.165) is 24.3 Å². The van der Waals surface area contributed by atoms with E-state index in [4.69, 9.17) is 4.74 Å². The molecule has 0 saturated carbocycles. The van der Waals surface area contributed by atoms with Crippen molar-refractivity contribution in [3.63, 3.8) is 0 Å². The van der Waals surface area contributed by atoms with Gasteiger partial charge in [-0.25, -0.2) is 0 Å². The molecule has 2 aromatic carbocycles. The van der Waals surface area contributed by atoms with Crippen molar-refractivity contribution in [2.45, 2.75) is 26.2 Å². The number of hydrogen-bond donors (Lipinski definition) is 1. The van der Waals surface area contributed by atoms with Crippen molar-refractivity contribution in [2.24, 2.45) is 0 Å². The maximum absolute atomic E-state index is 13.5. The SMILES string of the molecule is COc1ccc(C(F)(F)F)cc1NC(=O)c1cc(C)n(-c2ccccc2C(F)(F)F)c1C. The van der Waals surface area contributed by atoms with Crippen LogP contribution >= 0.6 is 0 Å². The third kappa shape index (κ3) is 4.44. The number of carbonyl (C=O) groups is 1. The minimum Gasteiger partial charge on any atom is -0.495 e. The van der Waals surface area contributed by atoms with Crippen molar-refractivity contribution in [3.05, 3.63) is 76.6 Å². The zero-order valence-corrected chi connectivity index (χ0v) is 17.2. The van der Waals surface area contributed by atoms with Gasteiger partial charge in [-0.05, 0) is 50.2 Å². The van der Waals surface area contributed by atoms with E-state index in [1.807, 2.05) is 0 Å². The number of ether oxygens (including phenoxy) is 1. The van der Waals surface area contributed by atoms with Gasteiger partial charge in [-0.1, -0.05) is 12.1 Å². The van der Waals surface area contributed by atoms with E-state index in [1.54, 1.807) is 0 Å². The van der Waals surface area contributed by atoms with E-state index in [1.165, 1.54) is 49.8 Å². The molecule has 0 atom stereocenters. The zero-order chi connectivity index (χ0) is 23.8. The van der Waals surface area contributed by atoms with Gasteiger partial charge < -0.3 is 14.6 Å². The van der Waals surface area contributed by atoms with Gasteiger partial charge >= 0.3 is 12.4 Å². The van der Waals surface area contributed by atoms with Crippen LogP contribution in [-0.2, 0) is 12.4 Å². The number of halogens is 6. The molecule has 3 aromatic rings. The highest BCUT2D eigenvalue weighted by Crippen LogP contribution is 2.37. The maximum atomic E-state index is 13.5. The summed E-state index contributed by atoms with van der Waals surface area (Å²) in [4.78, 5) is 12.9. The van der Waals surface area contributed by atoms with E-state index in [0.29, 0.717) is 5.69 Å². The molecule has 0 radical (unpaired) electrons. The van der Waals surface area contributed by atoms with Gasteiger partial charge in [-0.15, -0.1) is 0 Å². The molecular weight excluding hydrogens is 438 g/mol. The largest absolute Gasteiger partial charge is 0.495 e. The second-order valence-electron chi connectivity index (χ2n) is 7.00. The molecule has 0 fully saturated rings. The van der Waals surface area contributed by atoms with Crippen LogP contribution in [0.4, 0.5) is 32.0 Å². The summed E-state index contributed by atoms with van der Waals surface area (Å²) in [6.45, 7) is 2.99. The highest BCUT2D eigenvalue weighted by Gasteiger charge is 2.35. The first kappa shape index (κ1) is 23.2. The highest BCUT2D eigenvalue weighted by atomic mass is 19.4. The Morgan fingerprint density at radius 3 is 2.19 bits per heavy atom. The van der Waals surface area contributed by atoms with E-state index >= 15 is 0 Å². The Balaban J connectivity index is 2.04. The zero-order valence-electron chi connectivity index (χ0n) is 17.2. The minimum absolute atomic E-state index is 0.00238. The predicted octanol–water partition coefficient (Wildman–Crippen LogP) is 6.39. The summed E-state index contributed by atoms with van der Waals surface area (Å²) in [7, 11) is 1.23. The Morgan fingerprint density at radius 2 is 1.59 bits per heavy atom. The van der Waals surface area contributed by atoms with Gasteiger partial charge in [0, 0.05) is 11.4 Å². The first-order valence-corrected chi connectivity index (χ1v) is 9.26. The fourth-order valence-electron chi connectivity index (χ4n) is 3.44. The Kier molecular flexibility index (Phi) is 5.99. The van der Waals surface area contributed by atoms with Crippen molar-refractivity contribution >= 4 is 11.6 Å². The number of aromatic nitrogens is 1. The molecule has 0 aliphatic carbocycles. The third-order valence-electron chi connectivity index (χ3n) is 4.90. The molecule has 0 bridgehead atoms. The van der Waals surface area contributed by atoms with Crippen LogP contribution in [0.1, 0.15) is 32.9 Å². The summed E-state index contributed by atoms with van der Waals surface area (Å²) in [5.41, 5.74) is -1.69. The number of rotatable bonds is 4. The standard InChI is InChI=1S/C22H18F6N2O2/c1-12-10-15(13(2)30(12)18-7-5-4-6-16(18)22(26,27)28)20(31)29-17-11-14(21(23,24)25)8-9-19(17)32-3/h4-11H,1-3H3,(H,29,31). The van der Waals surface area contributed by atoms with Crippen LogP contribution in [0.5, 0.6) is 5.75 Å². The number of alkyl halides is 6. The molecule has 0 aliphatic rings. The number of nitrogens with one attached hydrogen (secondary N) is 1. The van der Waals surface area contributed by atoms with Gasteiger partial charge in [0.25, 0.3) is 5.91 Å². The molecule has 1 heterocycles. The summed E-state index contributed by atoms with van der Waals surface area (Å²) < 4.78 is 85.9. The van der Waals surface area contributed by atoms with Crippen LogP contribution in [0.15, 0.2) is 48.5 Å². The van der Waals surface area contributed by atoms with Crippen LogP contribution in [0.25, 0.3) is 5.69 Å². The van der Waals surface area contributed by atoms with Crippen LogP contribution in [0.2, 0.25) is 0 Å². The monoisotopic (exact) mass is 456 g/mol. The number of benzene rings is 2. The van der Waals surface area contributed by atoms with Crippen LogP contribution in [0, 0.1) is 13.8 Å². The Bertz CT molecular complexity index is 1160. The molecule has 0 saturated heterocycles. The Morgan fingerprint density at radius 1 is 0.938 bits per heavy atom. The second kappa shape index (κ2) is 8.25. The quantitative estimate of drug-likeness (QED) is 0.462. The summed E-state index contributed by atoms with van der Waals surface area (Å²) in [5, 5.41) is 2.37. The molecule has 1 amide bonds. The van der Waals surface area contributed by atoms with Gasteiger partial charge in [-0.2, -0.15) is 26.3 Å². The van der Waals surface area contributed by atoms with E-state index in [2.05, 4.69) is 5.32 Å². The molecular formula is C22H18F6N2O2. The normalized spacial score (nSPS) is 12.0. The van der Waals surface area contributed by atoms with Gasteiger partial charge in [0.2, 0.25) is 0 Å². The number of para-hydroxylation sites is 1. The first-order chi connectivity index (χ1) is 14.8. The van der Waals surface area contributed by atoms with Crippen molar-refractivity contribution in [3.8, 4) is 11.4 Å². The molecule has 3 rings (SSSR count). The molecule has 0 unspecified atom stereocenters. The van der Waals surface area contributed by atoms with Gasteiger partial charge in [-0.3, -0.25) is 4.79 Å². The summed E-state index contributed by atoms with van der Waals surface area (Å²) >= 11 is 0. The van der Waals surface area contributed by atoms with Crippen molar-refractivity contribution in [1.29, 1.82) is 0 Å². The minimum atomic E-state index is -4.64. The molecule has 4 nitrogen and oxygen atoms in total. The molecule has 1 aromatic heterocycles. The van der Waals surface area contributed by atoms with Gasteiger partial charge in [0.15, 0.2) is 0 Å².